The van der Waals surface area contributed by atoms with Crippen LogP contribution in [-0.2, 0) is 9.59 Å². The summed E-state index contributed by atoms with van der Waals surface area (Å²) in [5.41, 5.74) is 0.427. The highest BCUT2D eigenvalue weighted by atomic mass is 35.5. The number of nitrogens with one attached hydrogen (secondary N) is 1. The second-order valence-corrected chi connectivity index (χ2v) is 7.95. The molecule has 1 N–H and O–H groups in total. The maximum absolute atomic E-state index is 13.0. The Kier molecular flexibility index (Phi) is 6.54. The molecule has 3 aliphatic heterocycles. The van der Waals surface area contributed by atoms with E-state index < -0.39 is 0 Å². The largest absolute Gasteiger partial charge is 0.341 e. The molecule has 3 fully saturated rings. The summed E-state index contributed by atoms with van der Waals surface area (Å²) in [6.07, 6.45) is 6.38. The van der Waals surface area contributed by atoms with Crippen molar-refractivity contribution in [1.29, 1.82) is 0 Å². The lowest BCUT2D eigenvalue weighted by molar-refractivity contribution is -0.150. The number of halogens is 1. The Bertz CT molecular complexity index is 453. The highest BCUT2D eigenvalue weighted by Crippen LogP contribution is 2.37. The molecule has 0 radical (unpaired) electrons. The van der Waals surface area contributed by atoms with Crippen molar-refractivity contribution >= 4 is 24.2 Å². The summed E-state index contributed by atoms with van der Waals surface area (Å²) in [5.74, 6) is 0.300. The first-order chi connectivity index (χ1) is 11.0. The molecule has 3 heterocycles. The van der Waals surface area contributed by atoms with Crippen molar-refractivity contribution in [2.75, 3.05) is 32.7 Å². The summed E-state index contributed by atoms with van der Waals surface area (Å²) in [5, 5.41) is 3.47. The lowest BCUT2D eigenvalue weighted by Crippen LogP contribution is -2.56. The van der Waals surface area contributed by atoms with Gasteiger partial charge in [0.2, 0.25) is 11.8 Å². The summed E-state index contributed by atoms with van der Waals surface area (Å²) in [7, 11) is 0. The highest BCUT2D eigenvalue weighted by molar-refractivity contribution is 5.88. The standard InChI is InChI=1S/C18H31N3O2.ClH/c1-14(2)16(22)21-10-4-3-5-15(21)17(23)20-11-7-18(8-12-20)6-9-19-13-18;/h14-15,19H,3-13H2,1-2H3;1H. The minimum Gasteiger partial charge on any atom is -0.341 e. The molecule has 0 bridgehead atoms. The monoisotopic (exact) mass is 357 g/mol. The van der Waals surface area contributed by atoms with E-state index in [2.05, 4.69) is 5.32 Å². The van der Waals surface area contributed by atoms with Gasteiger partial charge in [-0.15, -0.1) is 12.4 Å². The van der Waals surface area contributed by atoms with E-state index in [1.54, 1.807) is 0 Å². The molecule has 5 nitrogen and oxygen atoms in total. The van der Waals surface area contributed by atoms with Gasteiger partial charge in [-0.2, -0.15) is 0 Å². The molecule has 1 atom stereocenters. The van der Waals surface area contributed by atoms with Crippen molar-refractivity contribution in [3.63, 3.8) is 0 Å². The van der Waals surface area contributed by atoms with Crippen LogP contribution in [0.4, 0.5) is 0 Å². The molecular weight excluding hydrogens is 326 g/mol. The average Bonchev–Trinajstić information content (AvgIpc) is 3.02. The van der Waals surface area contributed by atoms with E-state index in [4.69, 9.17) is 0 Å². The van der Waals surface area contributed by atoms with Crippen molar-refractivity contribution in [3.05, 3.63) is 0 Å². The van der Waals surface area contributed by atoms with Crippen molar-refractivity contribution < 1.29 is 9.59 Å². The SMILES string of the molecule is CC(C)C(=O)N1CCCCC1C(=O)N1CCC2(CCNC2)CC1.Cl. The Morgan fingerprint density at radius 1 is 1.08 bits per heavy atom. The molecule has 24 heavy (non-hydrogen) atoms. The van der Waals surface area contributed by atoms with Crippen LogP contribution >= 0.6 is 12.4 Å². The van der Waals surface area contributed by atoms with Gasteiger partial charge in [-0.25, -0.2) is 0 Å². The number of hydrogen-bond donors (Lipinski definition) is 1. The smallest absolute Gasteiger partial charge is 0.245 e. The van der Waals surface area contributed by atoms with E-state index in [0.717, 1.165) is 64.8 Å². The zero-order valence-corrected chi connectivity index (χ0v) is 15.9. The molecule has 0 aromatic heterocycles. The van der Waals surface area contributed by atoms with Gasteiger partial charge in [-0.05, 0) is 50.5 Å². The maximum Gasteiger partial charge on any atom is 0.245 e. The number of amides is 2. The van der Waals surface area contributed by atoms with Crippen LogP contribution in [0.2, 0.25) is 0 Å². The zero-order chi connectivity index (χ0) is 16.4. The third-order valence-corrected chi connectivity index (χ3v) is 6.03. The van der Waals surface area contributed by atoms with Crippen LogP contribution in [0.15, 0.2) is 0 Å². The number of carbonyl (C=O) groups excluding carboxylic acids is 2. The third kappa shape index (κ3) is 3.88. The molecule has 2 amide bonds. The van der Waals surface area contributed by atoms with Crippen molar-refractivity contribution in [3.8, 4) is 0 Å². The Morgan fingerprint density at radius 2 is 1.79 bits per heavy atom. The Balaban J connectivity index is 0.00000208. The van der Waals surface area contributed by atoms with Crippen LogP contribution in [0.3, 0.4) is 0 Å². The van der Waals surface area contributed by atoms with Gasteiger partial charge in [0.1, 0.15) is 6.04 Å². The van der Waals surface area contributed by atoms with Gasteiger partial charge in [0.05, 0.1) is 0 Å². The van der Waals surface area contributed by atoms with Gasteiger partial charge in [-0.3, -0.25) is 9.59 Å². The Hall–Kier alpha value is -0.810. The number of nitrogens with zero attached hydrogens (tertiary/aromatic N) is 2. The summed E-state index contributed by atoms with van der Waals surface area (Å²) >= 11 is 0. The van der Waals surface area contributed by atoms with E-state index in [1.807, 2.05) is 23.6 Å². The van der Waals surface area contributed by atoms with Crippen LogP contribution in [0.5, 0.6) is 0 Å². The second kappa shape index (κ2) is 8.05. The fourth-order valence-corrected chi connectivity index (χ4v) is 4.42. The lowest BCUT2D eigenvalue weighted by Gasteiger charge is -2.43. The van der Waals surface area contributed by atoms with Gasteiger partial charge >= 0.3 is 0 Å². The van der Waals surface area contributed by atoms with Gasteiger partial charge in [-0.1, -0.05) is 13.8 Å². The number of likely N-dealkylation sites (tertiary alicyclic amines) is 2. The van der Waals surface area contributed by atoms with E-state index in [-0.39, 0.29) is 36.2 Å². The molecule has 0 aliphatic carbocycles. The molecule has 6 heteroatoms. The summed E-state index contributed by atoms with van der Waals surface area (Å²) in [6, 6.07) is -0.214. The summed E-state index contributed by atoms with van der Waals surface area (Å²) in [6.45, 7) is 8.55. The molecule has 138 valence electrons. The average molecular weight is 358 g/mol. The van der Waals surface area contributed by atoms with E-state index in [1.165, 1.54) is 6.42 Å². The molecule has 3 saturated heterocycles. The number of carbonyl (C=O) groups is 2. The van der Waals surface area contributed by atoms with Gasteiger partial charge in [0.25, 0.3) is 0 Å². The quantitative estimate of drug-likeness (QED) is 0.822. The van der Waals surface area contributed by atoms with E-state index >= 15 is 0 Å². The predicted octanol–water partition coefficient (Wildman–Crippen LogP) is 2.05. The molecular formula is C18H32ClN3O2. The number of piperidine rings is 2. The third-order valence-electron chi connectivity index (χ3n) is 6.03. The number of rotatable bonds is 2. The fraction of sp³-hybridized carbons (Fsp3) is 0.889. The molecule has 3 rings (SSSR count). The fourth-order valence-electron chi connectivity index (χ4n) is 4.42. The first-order valence-electron chi connectivity index (χ1n) is 9.32. The van der Waals surface area contributed by atoms with Crippen LogP contribution < -0.4 is 5.32 Å². The van der Waals surface area contributed by atoms with Crippen LogP contribution in [0, 0.1) is 11.3 Å². The van der Waals surface area contributed by atoms with Crippen molar-refractivity contribution in [2.45, 2.75) is 58.4 Å². The molecule has 3 aliphatic rings. The molecule has 1 spiro atoms. The normalized spacial score (nSPS) is 26.5. The molecule has 0 aromatic rings. The number of hydrogen-bond acceptors (Lipinski definition) is 3. The molecule has 0 saturated carbocycles. The summed E-state index contributed by atoms with van der Waals surface area (Å²) in [4.78, 5) is 29.3. The van der Waals surface area contributed by atoms with Crippen LogP contribution in [-0.4, -0.2) is 60.4 Å². The topological polar surface area (TPSA) is 52.7 Å². The Labute approximate surface area is 151 Å². The van der Waals surface area contributed by atoms with Crippen molar-refractivity contribution in [2.24, 2.45) is 11.3 Å². The summed E-state index contributed by atoms with van der Waals surface area (Å²) < 4.78 is 0. The van der Waals surface area contributed by atoms with E-state index in [9.17, 15) is 9.59 Å². The van der Waals surface area contributed by atoms with E-state index in [0.29, 0.717) is 5.41 Å². The predicted molar refractivity (Wildman–Crippen MR) is 97.2 cm³/mol. The second-order valence-electron chi connectivity index (χ2n) is 7.95. The van der Waals surface area contributed by atoms with Gasteiger partial charge < -0.3 is 15.1 Å². The first-order valence-corrected chi connectivity index (χ1v) is 9.32. The van der Waals surface area contributed by atoms with Crippen LogP contribution in [0.25, 0.3) is 0 Å². The highest BCUT2D eigenvalue weighted by Gasteiger charge is 2.41. The van der Waals surface area contributed by atoms with Crippen molar-refractivity contribution in [1.82, 2.24) is 15.1 Å². The molecule has 1 unspecified atom stereocenters. The Morgan fingerprint density at radius 3 is 2.38 bits per heavy atom. The lowest BCUT2D eigenvalue weighted by atomic mass is 9.77. The first kappa shape index (κ1) is 19.5. The minimum absolute atomic E-state index is 0. The minimum atomic E-state index is -0.214. The maximum atomic E-state index is 13.0. The van der Waals surface area contributed by atoms with Crippen LogP contribution in [0.1, 0.15) is 52.4 Å². The zero-order valence-electron chi connectivity index (χ0n) is 15.1. The molecule has 0 aromatic carbocycles. The van der Waals surface area contributed by atoms with Gasteiger partial charge in [0.15, 0.2) is 0 Å². The van der Waals surface area contributed by atoms with Gasteiger partial charge in [0, 0.05) is 32.1 Å².